The number of nitrogens with zero attached hydrogens (tertiary/aromatic N) is 6. The monoisotopic (exact) mass is 551 g/mol. The van der Waals surface area contributed by atoms with Crippen molar-refractivity contribution in [3.63, 3.8) is 0 Å². The van der Waals surface area contributed by atoms with Crippen LogP contribution < -0.4 is 10.2 Å². The fraction of sp³-hybridized carbons (Fsp3) is 0.500. The highest BCUT2D eigenvalue weighted by atomic mass is 19.1. The largest absolute Gasteiger partial charge is 0.387 e. The fourth-order valence-corrected chi connectivity index (χ4v) is 5.90. The number of fused-ring (bicyclic) bond motifs is 3. The maximum Gasteiger partial charge on any atom is 0.261 e. The van der Waals surface area contributed by atoms with Gasteiger partial charge in [0.25, 0.3) is 11.8 Å². The lowest BCUT2D eigenvalue weighted by Gasteiger charge is -2.39. The van der Waals surface area contributed by atoms with E-state index in [2.05, 4.69) is 25.2 Å². The van der Waals surface area contributed by atoms with Crippen LogP contribution in [-0.4, -0.2) is 105 Å². The molecule has 11 nitrogen and oxygen atoms in total. The molecule has 3 aromatic rings. The molecule has 40 heavy (non-hydrogen) atoms. The van der Waals surface area contributed by atoms with Crippen LogP contribution in [-0.2, 0) is 11.3 Å². The second-order valence-corrected chi connectivity index (χ2v) is 11.4. The number of aromatic nitrogens is 3. The molecule has 3 atom stereocenters. The van der Waals surface area contributed by atoms with Crippen LogP contribution in [0.3, 0.4) is 0 Å². The summed E-state index contributed by atoms with van der Waals surface area (Å²) in [4.78, 5) is 37.2. The van der Waals surface area contributed by atoms with Crippen molar-refractivity contribution in [2.24, 2.45) is 0 Å². The summed E-state index contributed by atoms with van der Waals surface area (Å²) in [7, 11) is 1.74. The van der Waals surface area contributed by atoms with E-state index in [1.807, 2.05) is 12.1 Å². The molecule has 212 valence electrons. The van der Waals surface area contributed by atoms with E-state index in [9.17, 15) is 19.1 Å². The fourth-order valence-electron chi connectivity index (χ4n) is 5.90. The summed E-state index contributed by atoms with van der Waals surface area (Å²) >= 11 is 0. The van der Waals surface area contributed by atoms with E-state index in [0.717, 1.165) is 38.3 Å². The first-order valence-electron chi connectivity index (χ1n) is 13.6. The van der Waals surface area contributed by atoms with Crippen molar-refractivity contribution in [2.45, 2.75) is 50.7 Å². The van der Waals surface area contributed by atoms with Crippen LogP contribution in [0, 0.1) is 0 Å². The summed E-state index contributed by atoms with van der Waals surface area (Å²) in [5.74, 6) is -0.646. The van der Waals surface area contributed by atoms with Crippen molar-refractivity contribution in [1.29, 1.82) is 0 Å². The zero-order valence-electron chi connectivity index (χ0n) is 22.9. The minimum atomic E-state index is -1.60. The number of carbonyl (C=O) groups excluding carboxylic acids is 2. The standard InChI is InChI=1S/C28H34FN7O4/c1-28(2,39)24(29)16-35-13-17-9-22(32-26(37)21-12-31-36-6-4-5-30-25(21)36)23(11-20(17)27(35)38)34-8-7-33-15-19(40-3)10-18(33)14-34/h4-6,9,11-12,18-19,24,39H,7-8,10,13-16H2,1-3H3,(H,32,37)/t18-,19-,24?/m1/s1. The van der Waals surface area contributed by atoms with Crippen LogP contribution in [0.5, 0.6) is 0 Å². The summed E-state index contributed by atoms with van der Waals surface area (Å²) in [5, 5.41) is 17.4. The number of aliphatic hydroxyl groups is 1. The summed E-state index contributed by atoms with van der Waals surface area (Å²) in [6, 6.07) is 5.66. The Bertz CT molecular complexity index is 1450. The second-order valence-electron chi connectivity index (χ2n) is 11.4. The average molecular weight is 552 g/mol. The van der Waals surface area contributed by atoms with Crippen molar-refractivity contribution in [3.8, 4) is 0 Å². The molecule has 2 saturated heterocycles. The number of ether oxygens (including phenoxy) is 1. The second kappa shape index (κ2) is 10.1. The number of amides is 2. The van der Waals surface area contributed by atoms with Crippen LogP contribution in [0.2, 0.25) is 0 Å². The van der Waals surface area contributed by atoms with E-state index in [1.165, 1.54) is 29.5 Å². The molecule has 6 rings (SSSR count). The normalized spacial score (nSPS) is 22.1. The summed E-state index contributed by atoms with van der Waals surface area (Å²) < 4.78 is 21.9. The Labute approximate surface area is 231 Å². The molecule has 2 aromatic heterocycles. The highest BCUT2D eigenvalue weighted by molar-refractivity contribution is 6.10. The van der Waals surface area contributed by atoms with Gasteiger partial charge in [0.2, 0.25) is 0 Å². The van der Waals surface area contributed by atoms with Gasteiger partial charge in [-0.05, 0) is 44.0 Å². The van der Waals surface area contributed by atoms with Gasteiger partial charge in [0.05, 0.1) is 35.8 Å². The number of anilines is 2. The Morgan fingerprint density at radius 2 is 2.12 bits per heavy atom. The van der Waals surface area contributed by atoms with Crippen LogP contribution in [0.1, 0.15) is 46.5 Å². The Morgan fingerprint density at radius 3 is 2.90 bits per heavy atom. The molecule has 0 saturated carbocycles. The number of halogens is 1. The molecule has 2 N–H and O–H groups in total. The molecule has 2 amide bonds. The average Bonchev–Trinajstić information content (AvgIpc) is 3.62. The van der Waals surface area contributed by atoms with Gasteiger partial charge in [0.1, 0.15) is 11.7 Å². The first-order chi connectivity index (χ1) is 19.1. The topological polar surface area (TPSA) is 116 Å². The van der Waals surface area contributed by atoms with Crippen LogP contribution in [0.25, 0.3) is 5.65 Å². The van der Waals surface area contributed by atoms with Gasteiger partial charge in [-0.25, -0.2) is 13.9 Å². The molecule has 3 aliphatic heterocycles. The van der Waals surface area contributed by atoms with E-state index in [1.54, 1.807) is 25.6 Å². The lowest BCUT2D eigenvalue weighted by molar-refractivity contribution is -0.0159. The number of piperazine rings is 1. The molecule has 3 aliphatic rings. The van der Waals surface area contributed by atoms with Gasteiger partial charge in [-0.2, -0.15) is 5.10 Å². The molecule has 12 heteroatoms. The summed E-state index contributed by atoms with van der Waals surface area (Å²) in [6.07, 6.45) is 4.31. The number of hydrogen-bond acceptors (Lipinski definition) is 8. The smallest absolute Gasteiger partial charge is 0.261 e. The van der Waals surface area contributed by atoms with E-state index >= 15 is 0 Å². The van der Waals surface area contributed by atoms with Crippen molar-refractivity contribution in [1.82, 2.24) is 24.4 Å². The lowest BCUT2D eigenvalue weighted by Crippen LogP contribution is -2.50. The van der Waals surface area contributed by atoms with Crippen molar-refractivity contribution in [3.05, 3.63) is 53.5 Å². The van der Waals surface area contributed by atoms with Gasteiger partial charge in [-0.1, -0.05) is 0 Å². The highest BCUT2D eigenvalue weighted by Crippen LogP contribution is 2.37. The molecule has 0 spiro atoms. The number of rotatable bonds is 7. The van der Waals surface area contributed by atoms with Crippen LogP contribution in [0.15, 0.2) is 36.8 Å². The van der Waals surface area contributed by atoms with E-state index in [4.69, 9.17) is 4.74 Å². The van der Waals surface area contributed by atoms with Crippen LogP contribution >= 0.6 is 0 Å². The molecule has 1 aromatic carbocycles. The molecule has 0 radical (unpaired) electrons. The molecule has 1 unspecified atom stereocenters. The Morgan fingerprint density at radius 1 is 1.30 bits per heavy atom. The van der Waals surface area contributed by atoms with Crippen molar-refractivity contribution < 1.29 is 23.8 Å². The third-order valence-corrected chi connectivity index (χ3v) is 8.27. The predicted molar refractivity (Wildman–Crippen MR) is 146 cm³/mol. The van der Waals surface area contributed by atoms with Gasteiger partial charge >= 0.3 is 0 Å². The number of hydrogen-bond donors (Lipinski definition) is 2. The van der Waals surface area contributed by atoms with E-state index < -0.39 is 11.8 Å². The number of benzene rings is 1. The zero-order chi connectivity index (χ0) is 28.2. The first kappa shape index (κ1) is 26.6. The molecular formula is C28H34FN7O4. The van der Waals surface area contributed by atoms with Crippen molar-refractivity contribution in [2.75, 3.05) is 50.1 Å². The third kappa shape index (κ3) is 4.80. The van der Waals surface area contributed by atoms with Gasteiger partial charge in [0.15, 0.2) is 5.65 Å². The molecule has 2 fully saturated rings. The minimum Gasteiger partial charge on any atom is -0.387 e. The molecular weight excluding hydrogens is 517 g/mol. The Balaban J connectivity index is 1.32. The third-order valence-electron chi connectivity index (χ3n) is 8.27. The SMILES string of the molecule is CO[C@@H]1C[C@@H]2CN(c3cc4c(cc3NC(=O)c3cnn5cccnc35)CN(CC(F)C(C)(C)O)C4=O)CCN2C1. The van der Waals surface area contributed by atoms with Crippen LogP contribution in [0.4, 0.5) is 15.8 Å². The summed E-state index contributed by atoms with van der Waals surface area (Å²) in [6.45, 7) is 5.93. The van der Waals surface area contributed by atoms with Gasteiger partial charge < -0.3 is 25.0 Å². The first-order valence-corrected chi connectivity index (χ1v) is 13.6. The maximum atomic E-state index is 14.7. The quantitative estimate of drug-likeness (QED) is 0.458. The predicted octanol–water partition coefficient (Wildman–Crippen LogP) is 1.96. The minimum absolute atomic E-state index is 0.187. The summed E-state index contributed by atoms with van der Waals surface area (Å²) in [5.41, 5.74) is 1.70. The van der Waals surface area contributed by atoms with Gasteiger partial charge in [-0.3, -0.25) is 14.5 Å². The maximum absolute atomic E-state index is 14.7. The van der Waals surface area contributed by atoms with E-state index in [0.29, 0.717) is 34.1 Å². The Hall–Kier alpha value is -3.61. The molecule has 5 heterocycles. The Kier molecular flexibility index (Phi) is 6.71. The highest BCUT2D eigenvalue weighted by Gasteiger charge is 2.39. The van der Waals surface area contributed by atoms with E-state index in [-0.39, 0.29) is 31.0 Å². The number of methoxy groups -OCH3 is 1. The van der Waals surface area contributed by atoms with Gasteiger partial charge in [-0.15, -0.1) is 0 Å². The number of carbonyl (C=O) groups is 2. The zero-order valence-corrected chi connectivity index (χ0v) is 22.9. The molecule has 0 aliphatic carbocycles. The number of nitrogens with one attached hydrogen (secondary N) is 1. The molecule has 0 bridgehead atoms. The van der Waals surface area contributed by atoms with Gasteiger partial charge in [0, 0.05) is 63.8 Å². The van der Waals surface area contributed by atoms with Crippen molar-refractivity contribution >= 4 is 28.8 Å². The number of alkyl halides is 1. The lowest BCUT2D eigenvalue weighted by atomic mass is 10.0.